The number of aromatic nitrogens is 1. The van der Waals surface area contributed by atoms with Crippen LogP contribution in [0.25, 0.3) is 0 Å². The maximum absolute atomic E-state index is 11.7. The van der Waals surface area contributed by atoms with Crippen molar-refractivity contribution in [2.24, 2.45) is 0 Å². The summed E-state index contributed by atoms with van der Waals surface area (Å²) in [5.74, 6) is -1.06. The number of nitrogens with zero attached hydrogens (tertiary/aromatic N) is 2. The van der Waals surface area contributed by atoms with E-state index in [1.807, 2.05) is 0 Å². The summed E-state index contributed by atoms with van der Waals surface area (Å²) in [4.78, 5) is 28.1. The number of likely N-dealkylation sites (tertiary alicyclic amines) is 1. The van der Waals surface area contributed by atoms with Gasteiger partial charge in [0.15, 0.2) is 0 Å². The molecule has 6 heteroatoms. The minimum absolute atomic E-state index is 0.0230. The lowest BCUT2D eigenvalue weighted by Gasteiger charge is -2.14. The molecule has 6 nitrogen and oxygen atoms in total. The molecule has 1 fully saturated rings. The first-order valence-corrected chi connectivity index (χ1v) is 5.28. The molecule has 1 amide bonds. The molecule has 2 N–H and O–H groups in total. The second-order valence-corrected chi connectivity index (χ2v) is 3.97. The maximum Gasteiger partial charge on any atom is 0.337 e. The summed E-state index contributed by atoms with van der Waals surface area (Å²) in [6.07, 6.45) is 3.51. The van der Waals surface area contributed by atoms with E-state index in [0.717, 1.165) is 0 Å². The average molecular weight is 235 g/mol. The number of anilines is 1. The van der Waals surface area contributed by atoms with Gasteiger partial charge in [-0.1, -0.05) is 0 Å². The standard InChI is InChI=1S/C11H13N3O3/c1-14-5-3-8(10(14)15)13-9-6-12-4-2-7(9)11(16)17/h2,4,6,8,13H,3,5H2,1H3,(H,16,17). The van der Waals surface area contributed by atoms with E-state index in [0.29, 0.717) is 18.7 Å². The molecule has 1 aliphatic heterocycles. The number of aromatic carboxylic acids is 1. The van der Waals surface area contributed by atoms with Crippen molar-refractivity contribution in [2.45, 2.75) is 12.5 Å². The van der Waals surface area contributed by atoms with Crippen LogP contribution in [0.5, 0.6) is 0 Å². The fourth-order valence-corrected chi connectivity index (χ4v) is 1.84. The van der Waals surface area contributed by atoms with Crippen LogP contribution in [0, 0.1) is 0 Å². The van der Waals surface area contributed by atoms with Gasteiger partial charge in [0.25, 0.3) is 0 Å². The molecule has 1 saturated heterocycles. The van der Waals surface area contributed by atoms with E-state index in [2.05, 4.69) is 10.3 Å². The Hall–Kier alpha value is -2.11. The molecule has 90 valence electrons. The van der Waals surface area contributed by atoms with Gasteiger partial charge >= 0.3 is 5.97 Å². The van der Waals surface area contributed by atoms with Crippen molar-refractivity contribution in [1.29, 1.82) is 0 Å². The fraction of sp³-hybridized carbons (Fsp3) is 0.364. The zero-order valence-corrected chi connectivity index (χ0v) is 9.38. The Morgan fingerprint density at radius 1 is 1.65 bits per heavy atom. The number of carbonyl (C=O) groups is 2. The van der Waals surface area contributed by atoms with Gasteiger partial charge in [-0.05, 0) is 12.5 Å². The number of pyridine rings is 1. The molecule has 0 aromatic carbocycles. The van der Waals surface area contributed by atoms with Gasteiger partial charge < -0.3 is 15.3 Å². The molecular formula is C11H13N3O3. The molecule has 1 aromatic heterocycles. The highest BCUT2D eigenvalue weighted by atomic mass is 16.4. The normalized spacial score (nSPS) is 19.5. The smallest absolute Gasteiger partial charge is 0.337 e. The van der Waals surface area contributed by atoms with Crippen LogP contribution in [0.2, 0.25) is 0 Å². The molecule has 1 unspecified atom stereocenters. The molecule has 0 saturated carbocycles. The van der Waals surface area contributed by atoms with Crippen LogP contribution in [-0.2, 0) is 4.79 Å². The van der Waals surface area contributed by atoms with E-state index >= 15 is 0 Å². The number of carboxylic acids is 1. The lowest BCUT2D eigenvalue weighted by molar-refractivity contribution is -0.127. The van der Waals surface area contributed by atoms with Crippen LogP contribution in [-0.4, -0.2) is 46.5 Å². The average Bonchev–Trinajstić information content (AvgIpc) is 2.61. The monoisotopic (exact) mass is 235 g/mol. The number of carbonyl (C=O) groups excluding carboxylic acids is 1. The first-order valence-electron chi connectivity index (χ1n) is 5.28. The van der Waals surface area contributed by atoms with Crippen molar-refractivity contribution in [1.82, 2.24) is 9.88 Å². The highest BCUT2D eigenvalue weighted by molar-refractivity contribution is 5.95. The van der Waals surface area contributed by atoms with E-state index < -0.39 is 5.97 Å². The molecule has 17 heavy (non-hydrogen) atoms. The molecule has 0 spiro atoms. The predicted octanol–water partition coefficient (Wildman–Crippen LogP) is 0.422. The van der Waals surface area contributed by atoms with E-state index in [9.17, 15) is 9.59 Å². The summed E-state index contributed by atoms with van der Waals surface area (Å²) in [6, 6.07) is 1.05. The van der Waals surface area contributed by atoms with E-state index in [1.165, 1.54) is 18.5 Å². The third-order valence-corrected chi connectivity index (χ3v) is 2.81. The van der Waals surface area contributed by atoms with Crippen molar-refractivity contribution >= 4 is 17.6 Å². The Morgan fingerprint density at radius 2 is 2.41 bits per heavy atom. The second-order valence-electron chi connectivity index (χ2n) is 3.97. The maximum atomic E-state index is 11.7. The van der Waals surface area contributed by atoms with Gasteiger partial charge in [0, 0.05) is 19.8 Å². The molecule has 2 rings (SSSR count). The summed E-state index contributed by atoms with van der Waals surface area (Å²) in [6.45, 7) is 0.680. The molecular weight excluding hydrogens is 222 g/mol. The van der Waals surface area contributed by atoms with Crippen molar-refractivity contribution < 1.29 is 14.7 Å². The van der Waals surface area contributed by atoms with Crippen LogP contribution in [0.3, 0.4) is 0 Å². The lowest BCUT2D eigenvalue weighted by Crippen LogP contribution is -2.31. The van der Waals surface area contributed by atoms with Crippen molar-refractivity contribution in [3.05, 3.63) is 24.0 Å². The van der Waals surface area contributed by atoms with Crippen molar-refractivity contribution in [3.63, 3.8) is 0 Å². The first-order chi connectivity index (χ1) is 8.09. The zero-order chi connectivity index (χ0) is 12.4. The second kappa shape index (κ2) is 4.40. The minimum atomic E-state index is -1.03. The molecule has 1 atom stereocenters. The SMILES string of the molecule is CN1CCC(Nc2cnccc2C(=O)O)C1=O. The number of carboxylic acid groups (broad SMARTS) is 1. The van der Waals surface area contributed by atoms with Crippen LogP contribution in [0.1, 0.15) is 16.8 Å². The van der Waals surface area contributed by atoms with Crippen molar-refractivity contribution in [3.8, 4) is 0 Å². The van der Waals surface area contributed by atoms with Crippen LogP contribution in [0.4, 0.5) is 5.69 Å². The Bertz CT molecular complexity index is 461. The molecule has 1 aliphatic rings. The Morgan fingerprint density at radius 3 is 3.00 bits per heavy atom. The quantitative estimate of drug-likeness (QED) is 0.793. The number of hydrogen-bond donors (Lipinski definition) is 2. The molecule has 2 heterocycles. The number of rotatable bonds is 3. The molecule has 0 aliphatic carbocycles. The van der Waals surface area contributed by atoms with Gasteiger partial charge in [-0.2, -0.15) is 0 Å². The predicted molar refractivity (Wildman–Crippen MR) is 60.9 cm³/mol. The number of nitrogens with one attached hydrogen (secondary N) is 1. The first kappa shape index (κ1) is 11.4. The number of likely N-dealkylation sites (N-methyl/N-ethyl adjacent to an activating group) is 1. The fourth-order valence-electron chi connectivity index (χ4n) is 1.84. The van der Waals surface area contributed by atoms with E-state index in [-0.39, 0.29) is 17.5 Å². The topological polar surface area (TPSA) is 82.5 Å². The van der Waals surface area contributed by atoms with E-state index in [4.69, 9.17) is 5.11 Å². The summed E-state index contributed by atoms with van der Waals surface area (Å²) in [7, 11) is 1.73. The van der Waals surface area contributed by atoms with Crippen molar-refractivity contribution in [2.75, 3.05) is 18.9 Å². The van der Waals surface area contributed by atoms with Gasteiger partial charge in [-0.15, -0.1) is 0 Å². The Kier molecular flexibility index (Phi) is 2.95. The highest BCUT2D eigenvalue weighted by Crippen LogP contribution is 2.19. The Labute approximate surface area is 98.3 Å². The van der Waals surface area contributed by atoms with Gasteiger partial charge in [0.2, 0.25) is 5.91 Å². The summed E-state index contributed by atoms with van der Waals surface area (Å²) in [5.41, 5.74) is 0.510. The molecule has 0 bridgehead atoms. The third kappa shape index (κ3) is 2.20. The van der Waals surface area contributed by atoms with Gasteiger partial charge in [-0.3, -0.25) is 9.78 Å². The minimum Gasteiger partial charge on any atom is -0.478 e. The van der Waals surface area contributed by atoms with Gasteiger partial charge in [0.05, 0.1) is 17.4 Å². The largest absolute Gasteiger partial charge is 0.478 e. The molecule has 0 radical (unpaired) electrons. The lowest BCUT2D eigenvalue weighted by atomic mass is 10.2. The van der Waals surface area contributed by atoms with Crippen LogP contribution in [0.15, 0.2) is 18.5 Å². The zero-order valence-electron chi connectivity index (χ0n) is 9.38. The Balaban J connectivity index is 2.19. The van der Waals surface area contributed by atoms with Gasteiger partial charge in [0.1, 0.15) is 6.04 Å². The van der Waals surface area contributed by atoms with Gasteiger partial charge in [-0.25, -0.2) is 4.79 Å². The third-order valence-electron chi connectivity index (χ3n) is 2.81. The highest BCUT2D eigenvalue weighted by Gasteiger charge is 2.29. The van der Waals surface area contributed by atoms with Crippen LogP contribution >= 0.6 is 0 Å². The number of amides is 1. The number of hydrogen-bond acceptors (Lipinski definition) is 4. The van der Waals surface area contributed by atoms with Crippen LogP contribution < -0.4 is 5.32 Å². The van der Waals surface area contributed by atoms with E-state index in [1.54, 1.807) is 11.9 Å². The summed E-state index contributed by atoms with van der Waals surface area (Å²) in [5, 5.41) is 11.9. The summed E-state index contributed by atoms with van der Waals surface area (Å²) >= 11 is 0. The summed E-state index contributed by atoms with van der Waals surface area (Å²) < 4.78 is 0. The molecule has 1 aromatic rings.